The molecule has 3 aromatic carbocycles. The maximum atomic E-state index is 13.8. The molecule has 0 heterocycles. The van der Waals surface area contributed by atoms with Crippen LogP contribution in [0.2, 0.25) is 0 Å². The second-order valence-corrected chi connectivity index (χ2v) is 5.40. The molecule has 5 nitrogen and oxygen atoms in total. The van der Waals surface area contributed by atoms with E-state index in [4.69, 9.17) is 10.5 Å². The lowest BCUT2D eigenvalue weighted by molar-refractivity contribution is -0.118. The van der Waals surface area contributed by atoms with E-state index >= 15 is 0 Å². The fourth-order valence-electron chi connectivity index (χ4n) is 2.36. The predicted molar refractivity (Wildman–Crippen MR) is 93.0 cm³/mol. The highest BCUT2D eigenvalue weighted by Gasteiger charge is 2.10. The molecule has 0 saturated heterocycles. The minimum atomic E-state index is -0.740. The van der Waals surface area contributed by atoms with Gasteiger partial charge in [-0.15, -0.1) is 0 Å². The lowest BCUT2D eigenvalue weighted by Crippen LogP contribution is -2.21. The Bertz CT molecular complexity index is 956. The topological polar surface area (TPSA) is 81.4 Å². The minimum Gasteiger partial charge on any atom is -0.484 e. The Morgan fingerprint density at radius 1 is 1.00 bits per heavy atom. The van der Waals surface area contributed by atoms with E-state index in [0.717, 1.165) is 16.8 Å². The molecule has 0 aliphatic rings. The van der Waals surface area contributed by atoms with Crippen molar-refractivity contribution in [1.82, 2.24) is 0 Å². The number of hydrogen-bond donors (Lipinski definition) is 2. The third kappa shape index (κ3) is 3.92. The molecular weight excluding hydrogens is 323 g/mol. The molecule has 0 bridgehead atoms. The minimum absolute atomic E-state index is 0.0305. The van der Waals surface area contributed by atoms with E-state index < -0.39 is 17.6 Å². The third-order valence-corrected chi connectivity index (χ3v) is 3.62. The Labute approximate surface area is 143 Å². The zero-order valence-corrected chi connectivity index (χ0v) is 13.2. The van der Waals surface area contributed by atoms with Crippen LogP contribution >= 0.6 is 0 Å². The molecule has 0 spiro atoms. The number of carbonyl (C=O) groups is 2. The van der Waals surface area contributed by atoms with Crippen molar-refractivity contribution < 1.29 is 18.7 Å². The van der Waals surface area contributed by atoms with E-state index in [1.54, 1.807) is 6.07 Å². The summed E-state index contributed by atoms with van der Waals surface area (Å²) in [6, 6.07) is 16.8. The Balaban J connectivity index is 1.63. The number of anilines is 1. The number of ether oxygens (including phenoxy) is 1. The van der Waals surface area contributed by atoms with Crippen molar-refractivity contribution in [2.75, 3.05) is 11.9 Å². The molecule has 25 heavy (non-hydrogen) atoms. The number of primary amides is 1. The van der Waals surface area contributed by atoms with Gasteiger partial charge in [0.25, 0.3) is 5.91 Å². The predicted octanol–water partition coefficient (Wildman–Crippen LogP) is 3.10. The van der Waals surface area contributed by atoms with Gasteiger partial charge in [0.2, 0.25) is 5.91 Å². The summed E-state index contributed by atoms with van der Waals surface area (Å²) >= 11 is 0. The fraction of sp³-hybridized carbons (Fsp3) is 0.0526. The van der Waals surface area contributed by atoms with Gasteiger partial charge in [-0.1, -0.05) is 30.3 Å². The standard InChI is InChI=1S/C19H15FN2O3/c20-16-10-14(19(21)24)6-8-17(16)22-18(23)11-25-15-7-5-12-3-1-2-4-13(12)9-15/h1-10H,11H2,(H2,21,24)(H,22,23). The highest BCUT2D eigenvalue weighted by molar-refractivity contribution is 5.95. The second-order valence-electron chi connectivity index (χ2n) is 5.40. The molecule has 0 aliphatic heterocycles. The molecule has 0 aliphatic carbocycles. The first-order valence-corrected chi connectivity index (χ1v) is 7.54. The summed E-state index contributed by atoms with van der Waals surface area (Å²) < 4.78 is 19.3. The molecular formula is C19H15FN2O3. The first-order chi connectivity index (χ1) is 12.0. The number of carbonyl (C=O) groups excluding carboxylic acids is 2. The van der Waals surface area contributed by atoms with E-state index in [9.17, 15) is 14.0 Å². The maximum Gasteiger partial charge on any atom is 0.262 e. The average Bonchev–Trinajstić information content (AvgIpc) is 2.61. The molecule has 0 fully saturated rings. The molecule has 0 radical (unpaired) electrons. The molecule has 2 amide bonds. The number of benzene rings is 3. The van der Waals surface area contributed by atoms with Crippen molar-refractivity contribution in [2.45, 2.75) is 0 Å². The maximum absolute atomic E-state index is 13.8. The number of nitrogens with one attached hydrogen (secondary N) is 1. The Morgan fingerprint density at radius 2 is 1.76 bits per heavy atom. The molecule has 0 saturated carbocycles. The van der Waals surface area contributed by atoms with Crippen LogP contribution in [-0.2, 0) is 4.79 Å². The Morgan fingerprint density at radius 3 is 2.48 bits per heavy atom. The van der Waals surface area contributed by atoms with Gasteiger partial charge >= 0.3 is 0 Å². The molecule has 0 aromatic heterocycles. The molecule has 6 heteroatoms. The van der Waals surface area contributed by atoms with Crippen LogP contribution in [0.3, 0.4) is 0 Å². The average molecular weight is 338 g/mol. The summed E-state index contributed by atoms with van der Waals surface area (Å²) in [6.07, 6.45) is 0. The number of hydrogen-bond acceptors (Lipinski definition) is 3. The Hall–Kier alpha value is -3.41. The van der Waals surface area contributed by atoms with E-state index in [-0.39, 0.29) is 17.9 Å². The van der Waals surface area contributed by atoms with Crippen molar-refractivity contribution in [3.63, 3.8) is 0 Å². The first kappa shape index (κ1) is 16.4. The summed E-state index contributed by atoms with van der Waals surface area (Å²) in [6.45, 7) is -0.269. The van der Waals surface area contributed by atoms with Gasteiger partial charge < -0.3 is 15.8 Å². The van der Waals surface area contributed by atoms with Gasteiger partial charge in [-0.2, -0.15) is 0 Å². The van der Waals surface area contributed by atoms with Crippen molar-refractivity contribution in [1.29, 1.82) is 0 Å². The smallest absolute Gasteiger partial charge is 0.262 e. The van der Waals surface area contributed by atoms with Crippen molar-refractivity contribution in [3.05, 3.63) is 72.0 Å². The number of rotatable bonds is 5. The van der Waals surface area contributed by atoms with Gasteiger partial charge in [0.05, 0.1) is 5.69 Å². The summed E-state index contributed by atoms with van der Waals surface area (Å²) in [5.41, 5.74) is 5.06. The van der Waals surface area contributed by atoms with Crippen LogP contribution in [-0.4, -0.2) is 18.4 Å². The van der Waals surface area contributed by atoms with Crippen LogP contribution in [0.25, 0.3) is 10.8 Å². The summed E-state index contributed by atoms with van der Waals surface area (Å²) in [7, 11) is 0. The summed E-state index contributed by atoms with van der Waals surface area (Å²) in [4.78, 5) is 22.9. The van der Waals surface area contributed by atoms with Gasteiger partial charge in [0.15, 0.2) is 6.61 Å². The van der Waals surface area contributed by atoms with Gasteiger partial charge in [0, 0.05) is 5.56 Å². The number of halogens is 1. The number of fused-ring (bicyclic) bond motifs is 1. The monoisotopic (exact) mass is 338 g/mol. The third-order valence-electron chi connectivity index (χ3n) is 3.62. The van der Waals surface area contributed by atoms with E-state index in [1.807, 2.05) is 36.4 Å². The van der Waals surface area contributed by atoms with E-state index in [0.29, 0.717) is 5.75 Å². The molecule has 0 atom stereocenters. The van der Waals surface area contributed by atoms with Gasteiger partial charge in [-0.05, 0) is 41.1 Å². The largest absolute Gasteiger partial charge is 0.484 e. The normalized spacial score (nSPS) is 10.4. The van der Waals surface area contributed by atoms with Crippen molar-refractivity contribution in [3.8, 4) is 5.75 Å². The van der Waals surface area contributed by atoms with Crippen LogP contribution in [0.1, 0.15) is 10.4 Å². The van der Waals surface area contributed by atoms with Crippen molar-refractivity contribution >= 4 is 28.3 Å². The van der Waals surface area contributed by atoms with Crippen LogP contribution in [0.15, 0.2) is 60.7 Å². The van der Waals surface area contributed by atoms with Crippen molar-refractivity contribution in [2.24, 2.45) is 5.73 Å². The van der Waals surface area contributed by atoms with Gasteiger partial charge in [0.1, 0.15) is 11.6 Å². The summed E-state index contributed by atoms with van der Waals surface area (Å²) in [5.74, 6) is -1.45. The number of nitrogens with two attached hydrogens (primary N) is 1. The lowest BCUT2D eigenvalue weighted by Gasteiger charge is -2.09. The van der Waals surface area contributed by atoms with Crippen LogP contribution in [0.5, 0.6) is 5.75 Å². The zero-order valence-electron chi connectivity index (χ0n) is 13.2. The molecule has 3 N–H and O–H groups in total. The second kappa shape index (κ2) is 7.00. The van der Waals surface area contributed by atoms with Crippen LogP contribution < -0.4 is 15.8 Å². The zero-order chi connectivity index (χ0) is 17.8. The Kier molecular flexibility index (Phi) is 4.61. The highest BCUT2D eigenvalue weighted by atomic mass is 19.1. The fourth-order valence-corrected chi connectivity index (χ4v) is 2.36. The summed E-state index contributed by atoms with van der Waals surface area (Å²) in [5, 5.41) is 4.45. The molecule has 3 aromatic rings. The van der Waals surface area contributed by atoms with Crippen LogP contribution in [0, 0.1) is 5.82 Å². The van der Waals surface area contributed by atoms with E-state index in [1.165, 1.54) is 12.1 Å². The SMILES string of the molecule is NC(=O)c1ccc(NC(=O)COc2ccc3ccccc3c2)c(F)c1. The molecule has 3 rings (SSSR count). The first-order valence-electron chi connectivity index (χ1n) is 7.54. The lowest BCUT2D eigenvalue weighted by atomic mass is 10.1. The van der Waals surface area contributed by atoms with Crippen LogP contribution in [0.4, 0.5) is 10.1 Å². The van der Waals surface area contributed by atoms with Gasteiger partial charge in [-0.3, -0.25) is 9.59 Å². The van der Waals surface area contributed by atoms with Gasteiger partial charge in [-0.25, -0.2) is 4.39 Å². The quantitative estimate of drug-likeness (QED) is 0.750. The molecule has 126 valence electrons. The highest BCUT2D eigenvalue weighted by Crippen LogP contribution is 2.21. The number of amides is 2. The molecule has 0 unspecified atom stereocenters. The van der Waals surface area contributed by atoms with E-state index in [2.05, 4.69) is 5.32 Å².